The molecule has 0 aliphatic carbocycles. The van der Waals surface area contributed by atoms with E-state index in [-0.39, 0.29) is 6.61 Å². The minimum atomic E-state index is 0.280. The highest BCUT2D eigenvalue weighted by molar-refractivity contribution is 6.09. The van der Waals surface area contributed by atoms with Gasteiger partial charge in [-0.05, 0) is 142 Å². The van der Waals surface area contributed by atoms with Crippen molar-refractivity contribution in [2.75, 3.05) is 13.2 Å². The zero-order valence-electron chi connectivity index (χ0n) is 32.3. The zero-order valence-corrected chi connectivity index (χ0v) is 32.3. The number of rotatable bonds is 15. The molecule has 0 spiro atoms. The first-order chi connectivity index (χ1) is 25.7. The molecule has 2 aromatic heterocycles. The van der Waals surface area contributed by atoms with Crippen molar-refractivity contribution in [2.45, 2.75) is 143 Å². The van der Waals surface area contributed by atoms with Crippen LogP contribution in [0.5, 0.6) is 0 Å². The van der Waals surface area contributed by atoms with Crippen molar-refractivity contribution < 1.29 is 5.11 Å². The maximum absolute atomic E-state index is 9.51. The van der Waals surface area contributed by atoms with Crippen molar-refractivity contribution in [3.05, 3.63) is 95.1 Å². The van der Waals surface area contributed by atoms with Crippen LogP contribution in [0.1, 0.15) is 126 Å². The van der Waals surface area contributed by atoms with Crippen LogP contribution in [-0.4, -0.2) is 32.3 Å². The summed E-state index contributed by atoms with van der Waals surface area (Å²) in [6.07, 6.45) is 19.4. The van der Waals surface area contributed by atoms with E-state index in [0.29, 0.717) is 0 Å². The molecule has 4 aliphatic rings. The Labute approximate surface area is 312 Å². The van der Waals surface area contributed by atoms with Crippen LogP contribution in [0.4, 0.5) is 0 Å². The number of unbranched alkanes of at least 4 members (excludes halogenated alkanes) is 8. The minimum Gasteiger partial charge on any atom is -0.396 e. The standard InChI is InChI=1S/C48H63N3O/c1-3-5-7-11-17-37-19-23-45-41(31-37)43-33-39-21-25-47(43)50(45)28-14-9-15-29-51-46-24-20-38(18-12-8-6-4-2)32-42(46)44-34-40(22-26-48(44)51)36-49(35-39)27-13-10-16-30-52/h19-26,31-34,52H,3-18,27-30,35-36H2,1-2H3. The molecule has 0 fully saturated rings. The van der Waals surface area contributed by atoms with E-state index in [4.69, 9.17) is 0 Å². The van der Waals surface area contributed by atoms with Gasteiger partial charge in [-0.2, -0.15) is 0 Å². The summed E-state index contributed by atoms with van der Waals surface area (Å²) < 4.78 is 5.24. The lowest BCUT2D eigenvalue weighted by molar-refractivity contribution is 0.240. The second-order valence-corrected chi connectivity index (χ2v) is 15.9. The molecule has 52 heavy (non-hydrogen) atoms. The number of benzene rings is 4. The molecule has 4 aromatic carbocycles. The summed E-state index contributed by atoms with van der Waals surface area (Å²) in [5, 5.41) is 15.2. The molecule has 4 heteroatoms. The fraction of sp³-hybridized carbons (Fsp3) is 0.500. The molecular formula is C48H63N3O. The SMILES string of the molecule is CCCCCCc1ccc2c(c1)c1cc3ccc1n2CCCCCn1c2ccc(CCCCCC)cc2c2cc(ccc21)CN(CCCCCO)C3. The van der Waals surface area contributed by atoms with Gasteiger partial charge in [-0.25, -0.2) is 0 Å². The molecule has 1 N–H and O–H groups in total. The largest absolute Gasteiger partial charge is 0.396 e. The second-order valence-electron chi connectivity index (χ2n) is 15.9. The van der Waals surface area contributed by atoms with Gasteiger partial charge in [0, 0.05) is 76.4 Å². The summed E-state index contributed by atoms with van der Waals surface area (Å²) in [6, 6.07) is 29.3. The van der Waals surface area contributed by atoms with Crippen LogP contribution in [-0.2, 0) is 39.0 Å². The van der Waals surface area contributed by atoms with Gasteiger partial charge < -0.3 is 14.2 Å². The van der Waals surface area contributed by atoms with Crippen LogP contribution in [0, 0.1) is 0 Å². The van der Waals surface area contributed by atoms with Crippen molar-refractivity contribution in [3.8, 4) is 0 Å². The number of aromatic nitrogens is 2. The average Bonchev–Trinajstić information content (AvgIpc) is 3.63. The Kier molecular flexibility index (Phi) is 12.7. The summed E-state index contributed by atoms with van der Waals surface area (Å²) in [5.74, 6) is 0. The van der Waals surface area contributed by atoms with Gasteiger partial charge in [0.05, 0.1) is 0 Å². The molecule has 6 aromatic rings. The smallest absolute Gasteiger partial charge is 0.0491 e. The van der Waals surface area contributed by atoms with Crippen molar-refractivity contribution in [1.29, 1.82) is 0 Å². The van der Waals surface area contributed by atoms with Gasteiger partial charge in [0.15, 0.2) is 0 Å². The molecule has 6 heterocycles. The molecule has 276 valence electrons. The molecule has 4 nitrogen and oxygen atoms in total. The molecule has 10 rings (SSSR count). The summed E-state index contributed by atoms with van der Waals surface area (Å²) in [4.78, 5) is 2.65. The van der Waals surface area contributed by atoms with Gasteiger partial charge in [-0.1, -0.05) is 76.6 Å². The molecule has 0 unspecified atom stereocenters. The van der Waals surface area contributed by atoms with Gasteiger partial charge in [-0.15, -0.1) is 0 Å². The molecule has 0 radical (unpaired) electrons. The van der Waals surface area contributed by atoms with Crippen LogP contribution in [0.15, 0.2) is 72.8 Å². The predicted molar refractivity (Wildman–Crippen MR) is 223 cm³/mol. The lowest BCUT2D eigenvalue weighted by atomic mass is 10.0. The summed E-state index contributed by atoms with van der Waals surface area (Å²) in [7, 11) is 0. The average molecular weight is 698 g/mol. The van der Waals surface area contributed by atoms with Crippen LogP contribution >= 0.6 is 0 Å². The molecule has 0 amide bonds. The summed E-state index contributed by atoms with van der Waals surface area (Å²) >= 11 is 0. The number of fused-ring (bicyclic) bond motifs is 2. The Hall–Kier alpha value is -3.60. The molecule has 4 aliphatic heterocycles. The zero-order chi connectivity index (χ0) is 35.7. The first-order valence-electron chi connectivity index (χ1n) is 21.1. The van der Waals surface area contributed by atoms with Crippen molar-refractivity contribution >= 4 is 43.6 Å². The maximum atomic E-state index is 9.51. The van der Waals surface area contributed by atoms with E-state index in [0.717, 1.165) is 52.0 Å². The topological polar surface area (TPSA) is 33.3 Å². The Bertz CT molecular complexity index is 1920. The van der Waals surface area contributed by atoms with Crippen LogP contribution in [0.3, 0.4) is 0 Å². The van der Waals surface area contributed by atoms with E-state index in [1.807, 2.05) is 0 Å². The number of aliphatic hydroxyl groups is 1. The van der Waals surface area contributed by atoms with Crippen molar-refractivity contribution in [1.82, 2.24) is 14.0 Å². The highest BCUT2D eigenvalue weighted by Crippen LogP contribution is 2.34. The van der Waals surface area contributed by atoms with Crippen LogP contribution in [0.25, 0.3) is 43.6 Å². The highest BCUT2D eigenvalue weighted by Gasteiger charge is 2.17. The fourth-order valence-electron chi connectivity index (χ4n) is 8.97. The predicted octanol–water partition coefficient (Wildman–Crippen LogP) is 12.5. The van der Waals surface area contributed by atoms with Crippen LogP contribution < -0.4 is 0 Å². The lowest BCUT2D eigenvalue weighted by Crippen LogP contribution is -2.24. The van der Waals surface area contributed by atoms with E-state index in [9.17, 15) is 5.11 Å². The maximum Gasteiger partial charge on any atom is 0.0491 e. The lowest BCUT2D eigenvalue weighted by Gasteiger charge is -2.23. The van der Waals surface area contributed by atoms with Crippen molar-refractivity contribution in [2.24, 2.45) is 0 Å². The van der Waals surface area contributed by atoms with E-state index in [2.05, 4.69) is 101 Å². The van der Waals surface area contributed by atoms with Gasteiger partial charge in [-0.3, -0.25) is 4.90 Å². The number of hydrogen-bond acceptors (Lipinski definition) is 2. The minimum absolute atomic E-state index is 0.280. The van der Waals surface area contributed by atoms with Gasteiger partial charge in [0.25, 0.3) is 0 Å². The number of hydrogen-bond donors (Lipinski definition) is 1. The molecule has 0 saturated heterocycles. The van der Waals surface area contributed by atoms with Gasteiger partial charge in [0.2, 0.25) is 0 Å². The highest BCUT2D eigenvalue weighted by atomic mass is 16.2. The normalized spacial score (nSPS) is 14.6. The van der Waals surface area contributed by atoms with E-state index in [1.165, 1.54) is 149 Å². The van der Waals surface area contributed by atoms with Gasteiger partial charge in [0.1, 0.15) is 0 Å². The Morgan fingerprint density at radius 1 is 0.481 bits per heavy atom. The Morgan fingerprint density at radius 3 is 1.42 bits per heavy atom. The first kappa shape index (κ1) is 36.7. The molecular weight excluding hydrogens is 635 g/mol. The molecule has 0 saturated carbocycles. The number of aliphatic hydroxyl groups excluding tert-OH is 1. The second kappa shape index (κ2) is 18.0. The van der Waals surface area contributed by atoms with E-state index in [1.54, 1.807) is 0 Å². The monoisotopic (exact) mass is 697 g/mol. The van der Waals surface area contributed by atoms with Crippen LogP contribution in [0.2, 0.25) is 0 Å². The van der Waals surface area contributed by atoms with E-state index >= 15 is 0 Å². The number of nitrogens with zero attached hydrogens (tertiary/aromatic N) is 3. The molecule has 0 atom stereocenters. The summed E-state index contributed by atoms with van der Waals surface area (Å²) in [5.41, 5.74) is 11.3. The Morgan fingerprint density at radius 2 is 0.942 bits per heavy atom. The quantitative estimate of drug-likeness (QED) is 0.108. The third-order valence-electron chi connectivity index (χ3n) is 11.8. The fourth-order valence-corrected chi connectivity index (χ4v) is 8.97. The Balaban J connectivity index is 1.25. The summed E-state index contributed by atoms with van der Waals surface area (Å²) in [6.45, 7) is 9.88. The van der Waals surface area contributed by atoms with E-state index < -0.39 is 0 Å². The number of aryl methyl sites for hydroxylation is 4. The third kappa shape index (κ3) is 8.45. The molecule has 8 bridgehead atoms. The third-order valence-corrected chi connectivity index (χ3v) is 11.8. The van der Waals surface area contributed by atoms with Crippen molar-refractivity contribution in [3.63, 3.8) is 0 Å². The van der Waals surface area contributed by atoms with Gasteiger partial charge >= 0.3 is 0 Å². The first-order valence-corrected chi connectivity index (χ1v) is 21.1.